The summed E-state index contributed by atoms with van der Waals surface area (Å²) in [6.45, 7) is 2.92. The van der Waals surface area contributed by atoms with E-state index in [1.165, 1.54) is 0 Å². The Bertz CT molecular complexity index is 532. The van der Waals surface area contributed by atoms with Crippen molar-refractivity contribution in [3.63, 3.8) is 0 Å². The summed E-state index contributed by atoms with van der Waals surface area (Å²) in [5, 5.41) is 7.46. The van der Waals surface area contributed by atoms with E-state index in [1.807, 2.05) is 19.1 Å². The first-order valence-electron chi connectivity index (χ1n) is 5.70. The van der Waals surface area contributed by atoms with Crippen molar-refractivity contribution in [1.29, 1.82) is 0 Å². The van der Waals surface area contributed by atoms with Crippen LogP contribution >= 0.6 is 44.1 Å². The van der Waals surface area contributed by atoms with Gasteiger partial charge in [0.2, 0.25) is 0 Å². The van der Waals surface area contributed by atoms with Crippen LogP contribution in [0.15, 0.2) is 26.2 Å². The number of thiocarbonyl (C=S) groups is 1. The highest BCUT2D eigenvalue weighted by molar-refractivity contribution is 9.11. The van der Waals surface area contributed by atoms with Crippen LogP contribution in [-0.2, 0) is 0 Å². The lowest BCUT2D eigenvalue weighted by Gasteiger charge is -2.09. The summed E-state index contributed by atoms with van der Waals surface area (Å²) in [5.41, 5.74) is 3.60. The summed E-state index contributed by atoms with van der Waals surface area (Å²) in [7, 11) is 0. The average Bonchev–Trinajstić information content (AvgIpc) is 2.38. The highest BCUT2D eigenvalue weighted by Crippen LogP contribution is 2.34. The molecular formula is C13H13Br2N3OS. The molecule has 0 atom stereocenters. The zero-order valence-electron chi connectivity index (χ0n) is 10.7. The molecule has 4 nitrogen and oxygen atoms in total. The summed E-state index contributed by atoms with van der Waals surface area (Å²) < 4.78 is 7.00. The van der Waals surface area contributed by atoms with Crippen molar-refractivity contribution >= 4 is 55.4 Å². The van der Waals surface area contributed by atoms with Gasteiger partial charge in [-0.05, 0) is 68.7 Å². The largest absolute Gasteiger partial charge is 0.479 e. The maximum atomic E-state index is 5.43. The van der Waals surface area contributed by atoms with Crippen LogP contribution in [0.4, 0.5) is 0 Å². The number of hydrogen-bond acceptors (Lipinski definition) is 3. The molecule has 0 heterocycles. The van der Waals surface area contributed by atoms with Gasteiger partial charge in [-0.1, -0.05) is 5.92 Å². The van der Waals surface area contributed by atoms with Gasteiger partial charge in [-0.15, -0.1) is 6.42 Å². The SMILES string of the molecule is C#CCOc1c(Br)cc(/C=N\NC(=S)NCC)cc1Br. The first-order chi connectivity index (χ1) is 9.58. The molecule has 1 aromatic rings. The maximum absolute atomic E-state index is 5.43. The number of ether oxygens (including phenoxy) is 1. The van der Waals surface area contributed by atoms with Gasteiger partial charge >= 0.3 is 0 Å². The second-order valence-corrected chi connectivity index (χ2v) is 5.65. The van der Waals surface area contributed by atoms with Crippen molar-refractivity contribution in [3.05, 3.63) is 26.6 Å². The molecule has 20 heavy (non-hydrogen) atoms. The smallest absolute Gasteiger partial charge is 0.186 e. The van der Waals surface area contributed by atoms with Crippen molar-refractivity contribution in [2.45, 2.75) is 6.92 Å². The molecule has 0 fully saturated rings. The van der Waals surface area contributed by atoms with Gasteiger partial charge in [-0.25, -0.2) is 0 Å². The number of halogens is 2. The molecule has 0 amide bonds. The molecule has 0 aliphatic carbocycles. The molecule has 7 heteroatoms. The Kier molecular flexibility index (Phi) is 7.59. The van der Waals surface area contributed by atoms with E-state index >= 15 is 0 Å². The number of hydrogen-bond donors (Lipinski definition) is 2. The fourth-order valence-corrected chi connectivity index (χ4v) is 2.92. The number of nitrogens with zero attached hydrogens (tertiary/aromatic N) is 1. The second-order valence-electron chi connectivity index (χ2n) is 3.54. The first-order valence-corrected chi connectivity index (χ1v) is 7.70. The molecular weight excluding hydrogens is 406 g/mol. The summed E-state index contributed by atoms with van der Waals surface area (Å²) >= 11 is 11.9. The highest BCUT2D eigenvalue weighted by atomic mass is 79.9. The van der Waals surface area contributed by atoms with Gasteiger partial charge in [0.25, 0.3) is 0 Å². The predicted molar refractivity (Wildman–Crippen MR) is 93.2 cm³/mol. The molecule has 2 N–H and O–H groups in total. The Morgan fingerprint density at radius 2 is 2.15 bits per heavy atom. The van der Waals surface area contributed by atoms with Gasteiger partial charge < -0.3 is 10.1 Å². The van der Waals surface area contributed by atoms with Crippen LogP contribution < -0.4 is 15.5 Å². The van der Waals surface area contributed by atoms with E-state index in [4.69, 9.17) is 23.4 Å². The van der Waals surface area contributed by atoms with Gasteiger partial charge in [0, 0.05) is 6.54 Å². The zero-order valence-corrected chi connectivity index (χ0v) is 14.7. The lowest BCUT2D eigenvalue weighted by molar-refractivity contribution is 0.365. The minimum atomic E-state index is 0.211. The third-order valence-corrected chi connectivity index (χ3v) is 3.45. The van der Waals surface area contributed by atoms with Crippen LogP contribution in [0, 0.1) is 12.3 Å². The quantitative estimate of drug-likeness (QED) is 0.334. The fourth-order valence-electron chi connectivity index (χ4n) is 1.27. The van der Waals surface area contributed by atoms with Crippen molar-refractivity contribution < 1.29 is 4.74 Å². The molecule has 0 saturated carbocycles. The average molecular weight is 419 g/mol. The standard InChI is InChI=1S/C13H13Br2N3OS/c1-3-5-19-12-10(14)6-9(7-11(12)15)8-17-18-13(20)16-4-2/h1,6-8H,4-5H2,2H3,(H2,16,18,20)/b17-8-. The molecule has 0 saturated heterocycles. The normalized spacial score (nSPS) is 10.1. The number of benzene rings is 1. The third kappa shape index (κ3) is 5.49. The van der Waals surface area contributed by atoms with E-state index in [1.54, 1.807) is 6.21 Å². The van der Waals surface area contributed by atoms with Crippen LogP contribution in [0.5, 0.6) is 5.75 Å². The molecule has 1 aromatic carbocycles. The van der Waals surface area contributed by atoms with Gasteiger partial charge in [-0.2, -0.15) is 5.10 Å². The Balaban J connectivity index is 2.76. The van der Waals surface area contributed by atoms with E-state index in [0.29, 0.717) is 10.9 Å². The Morgan fingerprint density at radius 3 is 2.70 bits per heavy atom. The minimum absolute atomic E-state index is 0.211. The van der Waals surface area contributed by atoms with Gasteiger partial charge in [0.15, 0.2) is 5.11 Å². The molecule has 0 radical (unpaired) electrons. The summed E-state index contributed by atoms with van der Waals surface area (Å²) in [6.07, 6.45) is 6.83. The lowest BCUT2D eigenvalue weighted by Crippen LogP contribution is -2.31. The van der Waals surface area contributed by atoms with Crippen LogP contribution in [0.3, 0.4) is 0 Å². The van der Waals surface area contributed by atoms with Crippen LogP contribution in [0.1, 0.15) is 12.5 Å². The highest BCUT2D eigenvalue weighted by Gasteiger charge is 2.07. The maximum Gasteiger partial charge on any atom is 0.186 e. The van der Waals surface area contributed by atoms with Gasteiger partial charge in [0.05, 0.1) is 15.2 Å². The van der Waals surface area contributed by atoms with Crippen molar-refractivity contribution in [2.75, 3.05) is 13.2 Å². The Labute approximate surface area is 140 Å². The molecule has 0 bridgehead atoms. The lowest BCUT2D eigenvalue weighted by atomic mass is 10.2. The minimum Gasteiger partial charge on any atom is -0.479 e. The van der Waals surface area contributed by atoms with Crippen LogP contribution in [0.2, 0.25) is 0 Å². The van der Waals surface area contributed by atoms with Crippen LogP contribution in [-0.4, -0.2) is 24.5 Å². The molecule has 0 unspecified atom stereocenters. The molecule has 0 spiro atoms. The third-order valence-electron chi connectivity index (χ3n) is 2.04. The topological polar surface area (TPSA) is 45.6 Å². The molecule has 0 aromatic heterocycles. The molecule has 106 valence electrons. The second kappa shape index (κ2) is 8.95. The van der Waals surface area contributed by atoms with E-state index in [-0.39, 0.29) is 6.61 Å². The number of terminal acetylenes is 1. The molecule has 1 rings (SSSR count). The first kappa shape index (κ1) is 17.0. The fraction of sp³-hybridized carbons (Fsp3) is 0.231. The monoisotopic (exact) mass is 417 g/mol. The molecule has 0 aliphatic heterocycles. The van der Waals surface area contributed by atoms with Gasteiger partial charge in [-0.3, -0.25) is 5.43 Å². The number of rotatable bonds is 5. The zero-order chi connectivity index (χ0) is 15.0. The Morgan fingerprint density at radius 1 is 1.50 bits per heavy atom. The summed E-state index contributed by atoms with van der Waals surface area (Å²) in [4.78, 5) is 0. The van der Waals surface area contributed by atoms with Gasteiger partial charge in [0.1, 0.15) is 12.4 Å². The van der Waals surface area contributed by atoms with E-state index in [2.05, 4.69) is 53.6 Å². The van der Waals surface area contributed by atoms with Crippen molar-refractivity contribution in [2.24, 2.45) is 5.10 Å². The van der Waals surface area contributed by atoms with E-state index in [0.717, 1.165) is 21.1 Å². The van der Waals surface area contributed by atoms with Crippen LogP contribution in [0.25, 0.3) is 0 Å². The number of nitrogens with one attached hydrogen (secondary N) is 2. The van der Waals surface area contributed by atoms with Crippen molar-refractivity contribution in [3.8, 4) is 18.1 Å². The van der Waals surface area contributed by atoms with E-state index in [9.17, 15) is 0 Å². The molecule has 0 aliphatic rings. The number of hydrazone groups is 1. The van der Waals surface area contributed by atoms with E-state index < -0.39 is 0 Å². The summed E-state index contributed by atoms with van der Waals surface area (Å²) in [6, 6.07) is 3.75. The summed E-state index contributed by atoms with van der Waals surface area (Å²) in [5.74, 6) is 3.09. The predicted octanol–water partition coefficient (Wildman–Crippen LogP) is 3.04. The van der Waals surface area contributed by atoms with Crippen molar-refractivity contribution in [1.82, 2.24) is 10.7 Å². The Hall–Kier alpha value is -1.10.